The summed E-state index contributed by atoms with van der Waals surface area (Å²) in [7, 11) is 1.59. The molecule has 0 amide bonds. The molecule has 1 N–H and O–H groups in total. The molecule has 0 atom stereocenters. The summed E-state index contributed by atoms with van der Waals surface area (Å²) in [4.78, 5) is 12.7. The van der Waals surface area contributed by atoms with E-state index in [1.54, 1.807) is 13.2 Å². The molecule has 1 aromatic carbocycles. The average Bonchev–Trinajstić information content (AvgIpc) is 2.57. The minimum atomic E-state index is -0.262. The highest BCUT2D eigenvalue weighted by atomic mass is 32.2. The quantitative estimate of drug-likeness (QED) is 0.811. The van der Waals surface area contributed by atoms with Crippen molar-refractivity contribution in [2.24, 2.45) is 12.5 Å². The topological polar surface area (TPSA) is 55.1 Å². The fraction of sp³-hybridized carbons (Fsp3) is 0.500. The minimum absolute atomic E-state index is 0.238. The highest BCUT2D eigenvalue weighted by molar-refractivity contribution is 7.98. The first kappa shape index (κ1) is 21.5. The minimum Gasteiger partial charge on any atom is -0.391 e. The smallest absolute Gasteiger partial charge is 0.273 e. The fourth-order valence-corrected chi connectivity index (χ4v) is 3.33. The van der Waals surface area contributed by atoms with Gasteiger partial charge in [-0.25, -0.2) is 4.68 Å². The zero-order valence-electron chi connectivity index (χ0n) is 16.2. The molecule has 2 rings (SSSR count). The highest BCUT2D eigenvalue weighted by Gasteiger charge is 2.12. The van der Waals surface area contributed by atoms with E-state index >= 15 is 0 Å². The molecular weight excluding hydrogens is 332 g/mol. The number of rotatable bonds is 5. The Kier molecular flexibility index (Phi) is 8.39. The normalized spacial score (nSPS) is 11.0. The van der Waals surface area contributed by atoms with Crippen LogP contribution in [-0.4, -0.2) is 14.9 Å². The van der Waals surface area contributed by atoms with E-state index in [0.717, 1.165) is 17.1 Å². The number of benzene rings is 1. The molecule has 1 aromatic heterocycles. The van der Waals surface area contributed by atoms with Crippen molar-refractivity contribution in [1.29, 1.82) is 0 Å². The van der Waals surface area contributed by atoms with Gasteiger partial charge in [0.15, 0.2) is 0 Å². The van der Waals surface area contributed by atoms with Gasteiger partial charge in [0.05, 0.1) is 18.4 Å². The second-order valence-corrected chi connectivity index (χ2v) is 7.93. The summed E-state index contributed by atoms with van der Waals surface area (Å²) in [6.45, 7) is 10.4. The van der Waals surface area contributed by atoms with Crippen LogP contribution < -0.4 is 5.56 Å². The molecule has 25 heavy (non-hydrogen) atoms. The third-order valence-corrected chi connectivity index (χ3v) is 4.65. The number of aliphatic hydroxyl groups excluding tert-OH is 1. The first-order valence-electron chi connectivity index (χ1n) is 8.67. The lowest BCUT2D eigenvalue weighted by atomic mass is 9.88. The molecule has 4 nitrogen and oxygen atoms in total. The van der Waals surface area contributed by atoms with E-state index in [4.69, 9.17) is 0 Å². The SMILES string of the molecule is CC.Cn1ncc(SCc2ccc(CC(C)(C)C)cc2)c(CO)c1=O. The van der Waals surface area contributed by atoms with Crippen molar-refractivity contribution in [2.75, 3.05) is 0 Å². The molecule has 0 fully saturated rings. The van der Waals surface area contributed by atoms with Gasteiger partial charge in [0, 0.05) is 17.7 Å². The van der Waals surface area contributed by atoms with Gasteiger partial charge in [-0.15, -0.1) is 11.8 Å². The van der Waals surface area contributed by atoms with E-state index in [2.05, 4.69) is 50.1 Å². The number of hydrogen-bond donors (Lipinski definition) is 1. The third-order valence-electron chi connectivity index (χ3n) is 3.51. The second kappa shape index (κ2) is 9.78. The Morgan fingerprint density at radius 1 is 1.12 bits per heavy atom. The molecule has 2 aromatic rings. The maximum Gasteiger partial charge on any atom is 0.273 e. The predicted molar refractivity (Wildman–Crippen MR) is 106 cm³/mol. The van der Waals surface area contributed by atoms with Crippen molar-refractivity contribution in [3.8, 4) is 0 Å². The lowest BCUT2D eigenvalue weighted by Crippen LogP contribution is -2.24. The summed E-state index contributed by atoms with van der Waals surface area (Å²) in [5.74, 6) is 0.748. The molecule has 5 heteroatoms. The Morgan fingerprint density at radius 2 is 1.68 bits per heavy atom. The van der Waals surface area contributed by atoms with Crippen molar-refractivity contribution in [3.63, 3.8) is 0 Å². The lowest BCUT2D eigenvalue weighted by molar-refractivity contribution is 0.275. The molecule has 0 aliphatic heterocycles. The summed E-state index contributed by atoms with van der Waals surface area (Å²) in [6.07, 6.45) is 2.69. The van der Waals surface area contributed by atoms with Crippen molar-refractivity contribution in [3.05, 3.63) is 57.5 Å². The van der Waals surface area contributed by atoms with E-state index < -0.39 is 0 Å². The molecule has 0 saturated carbocycles. The van der Waals surface area contributed by atoms with Gasteiger partial charge in [0.1, 0.15) is 0 Å². The molecule has 1 heterocycles. The van der Waals surface area contributed by atoms with Crippen molar-refractivity contribution >= 4 is 11.8 Å². The number of aliphatic hydroxyl groups is 1. The van der Waals surface area contributed by atoms with Crippen LogP contribution in [0.5, 0.6) is 0 Å². The summed E-state index contributed by atoms with van der Waals surface area (Å²) in [5, 5.41) is 13.4. The first-order valence-corrected chi connectivity index (χ1v) is 9.65. The van der Waals surface area contributed by atoms with Crippen LogP contribution in [0, 0.1) is 5.41 Å². The molecule has 138 valence electrons. The number of thioether (sulfide) groups is 1. The maximum atomic E-state index is 11.9. The number of aryl methyl sites for hydroxylation is 1. The predicted octanol–water partition coefficient (Wildman–Crippen LogP) is 4.18. The van der Waals surface area contributed by atoms with Crippen LogP contribution >= 0.6 is 11.8 Å². The molecule has 0 bridgehead atoms. The van der Waals surface area contributed by atoms with E-state index in [-0.39, 0.29) is 17.6 Å². The second-order valence-electron chi connectivity index (χ2n) is 6.92. The molecule has 0 aliphatic carbocycles. The van der Waals surface area contributed by atoms with Gasteiger partial charge in [-0.2, -0.15) is 5.10 Å². The van der Waals surface area contributed by atoms with E-state index in [0.29, 0.717) is 5.56 Å². The molecule has 0 radical (unpaired) electrons. The van der Waals surface area contributed by atoms with Gasteiger partial charge in [-0.1, -0.05) is 58.9 Å². The standard InChI is InChI=1S/C18H24N2O2S.C2H6/c1-18(2,3)9-13-5-7-14(8-6-13)12-23-16-10-19-20(4)17(22)15(16)11-21;1-2/h5-8,10,21H,9,11-12H2,1-4H3;1-2H3. The van der Waals surface area contributed by atoms with Crippen LogP contribution in [0.25, 0.3) is 0 Å². The molecule has 0 unspecified atom stereocenters. The van der Waals surface area contributed by atoms with Crippen LogP contribution in [0.15, 0.2) is 40.2 Å². The Hall–Kier alpha value is -1.59. The van der Waals surface area contributed by atoms with Gasteiger partial charge in [-0.3, -0.25) is 4.79 Å². The summed E-state index contributed by atoms with van der Waals surface area (Å²) >= 11 is 1.53. The fourth-order valence-electron chi connectivity index (χ4n) is 2.37. The van der Waals surface area contributed by atoms with Gasteiger partial charge in [-0.05, 0) is 23.0 Å². The van der Waals surface area contributed by atoms with E-state index in [9.17, 15) is 9.90 Å². The average molecular weight is 363 g/mol. The summed E-state index contributed by atoms with van der Waals surface area (Å²) < 4.78 is 1.25. The van der Waals surface area contributed by atoms with Crippen LogP contribution in [-0.2, 0) is 25.8 Å². The van der Waals surface area contributed by atoms with E-state index in [1.165, 1.54) is 27.6 Å². The van der Waals surface area contributed by atoms with Crippen LogP contribution in [0.2, 0.25) is 0 Å². The summed E-state index contributed by atoms with van der Waals surface area (Å²) in [5.41, 5.74) is 2.98. The van der Waals surface area contributed by atoms with Crippen molar-refractivity contribution in [1.82, 2.24) is 9.78 Å². The Labute approximate surface area is 155 Å². The van der Waals surface area contributed by atoms with E-state index in [1.807, 2.05) is 13.8 Å². The zero-order chi connectivity index (χ0) is 19.0. The molecular formula is C20H30N2O2S. The monoisotopic (exact) mass is 362 g/mol. The Bertz CT molecular complexity index is 716. The zero-order valence-corrected chi connectivity index (χ0v) is 17.0. The van der Waals surface area contributed by atoms with Gasteiger partial charge in [0.25, 0.3) is 5.56 Å². The highest BCUT2D eigenvalue weighted by Crippen LogP contribution is 2.25. The summed E-state index contributed by atoms with van der Waals surface area (Å²) in [6, 6.07) is 8.58. The lowest BCUT2D eigenvalue weighted by Gasteiger charge is -2.18. The van der Waals surface area contributed by atoms with Gasteiger partial charge >= 0.3 is 0 Å². The molecule has 0 aliphatic rings. The van der Waals surface area contributed by atoms with Crippen molar-refractivity contribution < 1.29 is 5.11 Å². The van der Waals surface area contributed by atoms with Crippen LogP contribution in [0.4, 0.5) is 0 Å². The Morgan fingerprint density at radius 3 is 2.20 bits per heavy atom. The van der Waals surface area contributed by atoms with Crippen LogP contribution in [0.1, 0.15) is 51.3 Å². The number of aromatic nitrogens is 2. The van der Waals surface area contributed by atoms with Crippen LogP contribution in [0.3, 0.4) is 0 Å². The van der Waals surface area contributed by atoms with Gasteiger partial charge < -0.3 is 5.11 Å². The molecule has 0 saturated heterocycles. The first-order chi connectivity index (χ1) is 11.8. The Balaban J connectivity index is 0.00000151. The third kappa shape index (κ3) is 6.67. The molecule has 0 spiro atoms. The van der Waals surface area contributed by atoms with Crippen molar-refractivity contribution in [2.45, 2.75) is 58.3 Å². The number of hydrogen-bond acceptors (Lipinski definition) is 4. The van der Waals surface area contributed by atoms with Gasteiger partial charge in [0.2, 0.25) is 0 Å². The number of nitrogens with zero attached hydrogens (tertiary/aromatic N) is 2. The largest absolute Gasteiger partial charge is 0.391 e. The maximum absolute atomic E-state index is 11.9.